The number of amides is 1. The molecule has 4 nitrogen and oxygen atoms in total. The number of hydrogen-bond acceptors (Lipinski definition) is 3. The lowest BCUT2D eigenvalue weighted by Crippen LogP contribution is -2.43. The van der Waals surface area contributed by atoms with Crippen molar-refractivity contribution < 1.29 is 14.3 Å². The lowest BCUT2D eigenvalue weighted by Gasteiger charge is -2.17. The first-order valence-corrected chi connectivity index (χ1v) is 9.26. The monoisotopic (exact) mass is 459 g/mol. The highest BCUT2D eigenvalue weighted by molar-refractivity contribution is 14.1. The maximum Gasteiger partial charge on any atom is 0.328 e. The highest BCUT2D eigenvalue weighted by Crippen LogP contribution is 2.16. The van der Waals surface area contributed by atoms with Gasteiger partial charge in [0, 0.05) is 15.6 Å². The lowest BCUT2D eigenvalue weighted by molar-refractivity contribution is -0.142. The van der Waals surface area contributed by atoms with E-state index in [1.165, 1.54) is 7.11 Å². The summed E-state index contributed by atoms with van der Waals surface area (Å²) in [4.78, 5) is 24.8. The molecule has 0 heterocycles. The minimum atomic E-state index is -0.737. The second-order valence-corrected chi connectivity index (χ2v) is 7.19. The van der Waals surface area contributed by atoms with Gasteiger partial charge in [0.25, 0.3) is 5.91 Å². The number of methoxy groups -OCH3 is 1. The molecular formula is C21H18INO3. The van der Waals surface area contributed by atoms with E-state index in [1.54, 1.807) is 6.07 Å². The molecular weight excluding hydrogens is 441 g/mol. The van der Waals surface area contributed by atoms with Gasteiger partial charge in [-0.05, 0) is 63.2 Å². The van der Waals surface area contributed by atoms with Crippen molar-refractivity contribution in [2.45, 2.75) is 12.5 Å². The molecule has 3 aromatic carbocycles. The summed E-state index contributed by atoms with van der Waals surface area (Å²) in [6, 6.07) is 20.4. The molecule has 3 rings (SSSR count). The van der Waals surface area contributed by atoms with Gasteiger partial charge in [-0.15, -0.1) is 0 Å². The summed E-state index contributed by atoms with van der Waals surface area (Å²) in [7, 11) is 1.32. The first-order valence-electron chi connectivity index (χ1n) is 8.19. The van der Waals surface area contributed by atoms with E-state index in [1.807, 2.05) is 60.7 Å². The summed E-state index contributed by atoms with van der Waals surface area (Å²) in [5, 5.41) is 4.84. The Morgan fingerprint density at radius 1 is 1.00 bits per heavy atom. The minimum Gasteiger partial charge on any atom is -0.467 e. The molecule has 0 fully saturated rings. The molecule has 0 aliphatic carbocycles. The zero-order chi connectivity index (χ0) is 18.5. The van der Waals surface area contributed by atoms with Gasteiger partial charge in [0.2, 0.25) is 0 Å². The second-order valence-electron chi connectivity index (χ2n) is 5.94. The zero-order valence-electron chi connectivity index (χ0n) is 14.2. The van der Waals surface area contributed by atoms with Crippen molar-refractivity contribution in [3.63, 3.8) is 0 Å². The molecule has 132 valence electrons. The molecule has 5 heteroatoms. The normalized spacial score (nSPS) is 11.8. The van der Waals surface area contributed by atoms with Crippen LogP contribution in [-0.2, 0) is 16.0 Å². The Morgan fingerprint density at radius 3 is 2.38 bits per heavy atom. The van der Waals surface area contributed by atoms with E-state index in [0.717, 1.165) is 19.9 Å². The molecule has 1 amide bonds. The number of carbonyl (C=O) groups is 2. The first-order chi connectivity index (χ1) is 12.6. The lowest BCUT2D eigenvalue weighted by atomic mass is 10.0. The standard InChI is InChI=1S/C21H18INO3/c1-26-21(25)19(12-14-6-10-18(22)11-7-14)23-20(24)17-9-8-15-4-2-3-5-16(15)13-17/h2-11,13,19H,12H2,1H3,(H,23,24)/t19-/m1/s1. The van der Waals surface area contributed by atoms with Crippen LogP contribution in [0.5, 0.6) is 0 Å². The van der Waals surface area contributed by atoms with E-state index in [-0.39, 0.29) is 5.91 Å². The molecule has 1 atom stereocenters. The molecule has 0 unspecified atom stereocenters. The zero-order valence-corrected chi connectivity index (χ0v) is 16.4. The fourth-order valence-corrected chi connectivity index (χ4v) is 3.12. The predicted molar refractivity (Wildman–Crippen MR) is 110 cm³/mol. The molecule has 0 saturated heterocycles. The van der Waals surface area contributed by atoms with Crippen LogP contribution in [0.1, 0.15) is 15.9 Å². The summed E-state index contributed by atoms with van der Waals surface area (Å²) in [6.45, 7) is 0. The predicted octanol–water partition coefficient (Wildman–Crippen LogP) is 3.96. The smallest absolute Gasteiger partial charge is 0.328 e. The van der Waals surface area contributed by atoms with Gasteiger partial charge in [0.15, 0.2) is 0 Å². The number of ether oxygens (including phenoxy) is 1. The van der Waals surface area contributed by atoms with Gasteiger partial charge in [-0.25, -0.2) is 4.79 Å². The summed E-state index contributed by atoms with van der Waals surface area (Å²) < 4.78 is 5.97. The Bertz CT molecular complexity index is 937. The van der Waals surface area contributed by atoms with Crippen LogP contribution in [0, 0.1) is 3.57 Å². The second kappa shape index (κ2) is 8.31. The van der Waals surface area contributed by atoms with Crippen molar-refractivity contribution in [1.82, 2.24) is 5.32 Å². The van der Waals surface area contributed by atoms with E-state index in [2.05, 4.69) is 27.9 Å². The summed E-state index contributed by atoms with van der Waals surface area (Å²) >= 11 is 2.22. The number of esters is 1. The summed E-state index contributed by atoms with van der Waals surface area (Å²) in [5.74, 6) is -0.755. The third-order valence-corrected chi connectivity index (χ3v) is 4.87. The van der Waals surface area contributed by atoms with Crippen molar-refractivity contribution in [2.75, 3.05) is 7.11 Å². The van der Waals surface area contributed by atoms with Crippen molar-refractivity contribution >= 4 is 45.2 Å². The van der Waals surface area contributed by atoms with E-state index in [4.69, 9.17) is 4.74 Å². The van der Waals surface area contributed by atoms with Crippen LogP contribution in [-0.4, -0.2) is 25.0 Å². The highest BCUT2D eigenvalue weighted by Gasteiger charge is 2.22. The molecule has 0 aliphatic heterocycles. The number of fused-ring (bicyclic) bond motifs is 1. The van der Waals surface area contributed by atoms with Crippen molar-refractivity contribution in [3.05, 3.63) is 81.4 Å². The molecule has 0 saturated carbocycles. The van der Waals surface area contributed by atoms with Crippen LogP contribution in [0.3, 0.4) is 0 Å². The van der Waals surface area contributed by atoms with E-state index < -0.39 is 12.0 Å². The third-order valence-electron chi connectivity index (χ3n) is 4.16. The molecule has 0 aliphatic rings. The molecule has 3 aromatic rings. The Kier molecular flexibility index (Phi) is 5.88. The average molecular weight is 459 g/mol. The number of benzene rings is 3. The Balaban J connectivity index is 1.79. The van der Waals surface area contributed by atoms with Gasteiger partial charge in [0.1, 0.15) is 6.04 Å². The van der Waals surface area contributed by atoms with E-state index in [0.29, 0.717) is 12.0 Å². The fraction of sp³-hybridized carbons (Fsp3) is 0.143. The Morgan fingerprint density at radius 2 is 1.69 bits per heavy atom. The minimum absolute atomic E-state index is 0.295. The van der Waals surface area contributed by atoms with Gasteiger partial charge in [-0.2, -0.15) is 0 Å². The number of rotatable bonds is 5. The van der Waals surface area contributed by atoms with E-state index in [9.17, 15) is 9.59 Å². The SMILES string of the molecule is COC(=O)[C@@H](Cc1ccc(I)cc1)NC(=O)c1ccc2ccccc2c1. The summed E-state index contributed by atoms with van der Waals surface area (Å²) in [6.07, 6.45) is 0.378. The number of halogens is 1. The molecule has 26 heavy (non-hydrogen) atoms. The maximum atomic E-state index is 12.6. The molecule has 0 aromatic heterocycles. The third kappa shape index (κ3) is 4.40. The Labute approximate surface area is 165 Å². The fourth-order valence-electron chi connectivity index (χ4n) is 2.76. The highest BCUT2D eigenvalue weighted by atomic mass is 127. The van der Waals surface area contributed by atoms with Gasteiger partial charge in [0.05, 0.1) is 7.11 Å². The van der Waals surface area contributed by atoms with Gasteiger partial charge in [-0.1, -0.05) is 42.5 Å². The maximum absolute atomic E-state index is 12.6. The van der Waals surface area contributed by atoms with E-state index >= 15 is 0 Å². The van der Waals surface area contributed by atoms with Crippen LogP contribution >= 0.6 is 22.6 Å². The van der Waals surface area contributed by atoms with Crippen molar-refractivity contribution in [2.24, 2.45) is 0 Å². The molecule has 1 N–H and O–H groups in total. The van der Waals surface area contributed by atoms with Crippen LogP contribution in [0.15, 0.2) is 66.7 Å². The summed E-state index contributed by atoms with van der Waals surface area (Å²) in [5.41, 5.74) is 1.47. The van der Waals surface area contributed by atoms with Crippen LogP contribution in [0.4, 0.5) is 0 Å². The topological polar surface area (TPSA) is 55.4 Å². The van der Waals surface area contributed by atoms with Gasteiger partial charge < -0.3 is 10.1 Å². The number of nitrogens with one attached hydrogen (secondary N) is 1. The molecule has 0 spiro atoms. The number of hydrogen-bond donors (Lipinski definition) is 1. The largest absolute Gasteiger partial charge is 0.467 e. The van der Waals surface area contributed by atoms with Crippen molar-refractivity contribution in [1.29, 1.82) is 0 Å². The van der Waals surface area contributed by atoms with Gasteiger partial charge in [-0.3, -0.25) is 4.79 Å². The molecule has 0 radical (unpaired) electrons. The Hall–Kier alpha value is -2.41. The molecule has 0 bridgehead atoms. The quantitative estimate of drug-likeness (QED) is 0.465. The van der Waals surface area contributed by atoms with Crippen LogP contribution in [0.2, 0.25) is 0 Å². The first kappa shape index (κ1) is 18.4. The average Bonchev–Trinajstić information content (AvgIpc) is 2.68. The van der Waals surface area contributed by atoms with Crippen molar-refractivity contribution in [3.8, 4) is 0 Å². The van der Waals surface area contributed by atoms with Crippen LogP contribution < -0.4 is 5.32 Å². The van der Waals surface area contributed by atoms with Crippen LogP contribution in [0.25, 0.3) is 10.8 Å². The number of carbonyl (C=O) groups excluding carboxylic acids is 2. The van der Waals surface area contributed by atoms with Gasteiger partial charge >= 0.3 is 5.97 Å².